The van der Waals surface area contributed by atoms with Gasteiger partial charge in [0.1, 0.15) is 0 Å². The molecule has 0 spiro atoms. The Bertz CT molecular complexity index is 1510. The SMILES string of the molecule is Cc1cccnc1Oc1ccc(CC(=O)Nc2nc3ccc(-c4ccnn4C)cn3n2)cc1F. The number of hydrogen-bond donors (Lipinski definition) is 1. The van der Waals surface area contributed by atoms with E-state index < -0.39 is 5.82 Å². The summed E-state index contributed by atoms with van der Waals surface area (Å²) in [6, 6.07) is 13.6. The van der Waals surface area contributed by atoms with Crippen LogP contribution in [0.15, 0.2) is 67.1 Å². The van der Waals surface area contributed by atoms with Gasteiger partial charge in [0.25, 0.3) is 0 Å². The lowest BCUT2D eigenvalue weighted by Gasteiger charge is -2.09. The molecule has 1 amide bonds. The summed E-state index contributed by atoms with van der Waals surface area (Å²) in [4.78, 5) is 20.9. The number of amides is 1. The maximum Gasteiger partial charge on any atom is 0.249 e. The number of carbonyl (C=O) groups excluding carboxylic acids is 1. The molecule has 0 atom stereocenters. The first kappa shape index (κ1) is 21.3. The number of nitrogens with zero attached hydrogens (tertiary/aromatic N) is 6. The topological polar surface area (TPSA) is 99.2 Å². The van der Waals surface area contributed by atoms with Gasteiger partial charge in [0.15, 0.2) is 17.2 Å². The number of fused-ring (bicyclic) bond motifs is 1. The standard InChI is InChI=1S/C24H20FN7O2/c1-15-4-3-10-26-23(15)34-20-7-5-16(12-18(20)25)13-22(33)29-24-28-21-8-6-17(14-32(21)30-24)19-9-11-27-31(19)2/h3-12,14H,13H2,1-2H3,(H,29,30,33). The fraction of sp³-hybridized carbons (Fsp3) is 0.125. The van der Waals surface area contributed by atoms with Crippen molar-refractivity contribution in [1.82, 2.24) is 29.4 Å². The second-order valence-electron chi connectivity index (χ2n) is 7.71. The van der Waals surface area contributed by atoms with Crippen LogP contribution in [0, 0.1) is 12.7 Å². The first-order valence-electron chi connectivity index (χ1n) is 10.5. The number of aryl methyl sites for hydroxylation is 2. The van der Waals surface area contributed by atoms with Gasteiger partial charge in [-0.1, -0.05) is 12.1 Å². The minimum Gasteiger partial charge on any atom is -0.436 e. The zero-order valence-corrected chi connectivity index (χ0v) is 18.4. The molecule has 0 fully saturated rings. The van der Waals surface area contributed by atoms with Crippen LogP contribution in [0.5, 0.6) is 11.6 Å². The minimum atomic E-state index is -0.580. The maximum atomic E-state index is 14.5. The number of anilines is 1. The van der Waals surface area contributed by atoms with E-state index in [0.717, 1.165) is 16.8 Å². The Labute approximate surface area is 193 Å². The van der Waals surface area contributed by atoms with E-state index >= 15 is 0 Å². The molecule has 0 aliphatic heterocycles. The van der Waals surface area contributed by atoms with E-state index in [0.29, 0.717) is 17.1 Å². The van der Waals surface area contributed by atoms with Gasteiger partial charge in [-0.05, 0) is 48.9 Å². The highest BCUT2D eigenvalue weighted by molar-refractivity contribution is 5.90. The van der Waals surface area contributed by atoms with Gasteiger partial charge in [-0.25, -0.2) is 13.9 Å². The molecule has 10 heteroatoms. The Kier molecular flexibility index (Phi) is 5.46. The van der Waals surface area contributed by atoms with Crippen molar-refractivity contribution in [3.8, 4) is 22.9 Å². The van der Waals surface area contributed by atoms with Gasteiger partial charge >= 0.3 is 0 Å². The van der Waals surface area contributed by atoms with Gasteiger partial charge in [-0.3, -0.25) is 14.8 Å². The molecular formula is C24H20FN7O2. The van der Waals surface area contributed by atoms with E-state index in [1.165, 1.54) is 12.1 Å². The number of pyridine rings is 2. The lowest BCUT2D eigenvalue weighted by molar-refractivity contribution is -0.115. The summed E-state index contributed by atoms with van der Waals surface area (Å²) in [5, 5.41) is 11.2. The Morgan fingerprint density at radius 3 is 2.79 bits per heavy atom. The highest BCUT2D eigenvalue weighted by Gasteiger charge is 2.13. The molecule has 0 bridgehead atoms. The number of halogens is 1. The van der Waals surface area contributed by atoms with E-state index in [-0.39, 0.29) is 24.0 Å². The molecule has 170 valence electrons. The summed E-state index contributed by atoms with van der Waals surface area (Å²) < 4.78 is 23.5. The second-order valence-corrected chi connectivity index (χ2v) is 7.71. The second kappa shape index (κ2) is 8.74. The summed E-state index contributed by atoms with van der Waals surface area (Å²) >= 11 is 0. The molecule has 0 saturated carbocycles. The van der Waals surface area contributed by atoms with E-state index in [1.54, 1.807) is 33.7 Å². The molecule has 4 heterocycles. The van der Waals surface area contributed by atoms with Crippen LogP contribution in [-0.2, 0) is 18.3 Å². The van der Waals surface area contributed by atoms with Crippen molar-refractivity contribution in [2.24, 2.45) is 7.05 Å². The van der Waals surface area contributed by atoms with Crippen LogP contribution in [0.2, 0.25) is 0 Å². The van der Waals surface area contributed by atoms with Crippen molar-refractivity contribution in [1.29, 1.82) is 0 Å². The van der Waals surface area contributed by atoms with E-state index in [2.05, 4.69) is 25.5 Å². The zero-order valence-electron chi connectivity index (χ0n) is 18.4. The van der Waals surface area contributed by atoms with Gasteiger partial charge < -0.3 is 4.74 Å². The lowest BCUT2D eigenvalue weighted by Crippen LogP contribution is -2.15. The third-order valence-electron chi connectivity index (χ3n) is 5.23. The lowest BCUT2D eigenvalue weighted by atomic mass is 10.1. The van der Waals surface area contributed by atoms with Gasteiger partial charge in [0.05, 0.1) is 12.1 Å². The molecule has 0 aliphatic carbocycles. The number of hydrogen-bond acceptors (Lipinski definition) is 6. The van der Waals surface area contributed by atoms with E-state index in [4.69, 9.17) is 4.74 Å². The average molecular weight is 457 g/mol. The Morgan fingerprint density at radius 1 is 1.15 bits per heavy atom. The normalized spacial score (nSPS) is 11.0. The van der Waals surface area contributed by atoms with E-state index in [9.17, 15) is 9.18 Å². The quantitative estimate of drug-likeness (QED) is 0.415. The van der Waals surface area contributed by atoms with Crippen LogP contribution < -0.4 is 10.1 Å². The third kappa shape index (κ3) is 4.33. The third-order valence-corrected chi connectivity index (χ3v) is 5.23. The Balaban J connectivity index is 1.27. The highest BCUT2D eigenvalue weighted by Crippen LogP contribution is 2.26. The van der Waals surface area contributed by atoms with Gasteiger partial charge in [0, 0.05) is 36.8 Å². The molecule has 1 aromatic carbocycles. The van der Waals surface area contributed by atoms with E-state index in [1.807, 2.05) is 44.4 Å². The first-order chi connectivity index (χ1) is 16.5. The molecule has 9 nitrogen and oxygen atoms in total. The van der Waals surface area contributed by atoms with Gasteiger partial charge in [-0.2, -0.15) is 10.1 Å². The molecule has 4 aromatic heterocycles. The van der Waals surface area contributed by atoms with Crippen LogP contribution in [-0.4, -0.2) is 35.3 Å². The number of nitrogens with one attached hydrogen (secondary N) is 1. The molecule has 34 heavy (non-hydrogen) atoms. The average Bonchev–Trinajstić information content (AvgIpc) is 3.41. The molecule has 5 rings (SSSR count). The van der Waals surface area contributed by atoms with Crippen LogP contribution in [0.25, 0.3) is 16.9 Å². The molecule has 0 saturated heterocycles. The number of benzene rings is 1. The van der Waals surface area contributed by atoms with Crippen molar-refractivity contribution < 1.29 is 13.9 Å². The number of carbonyl (C=O) groups is 1. The molecular weight excluding hydrogens is 437 g/mol. The van der Waals surface area contributed by atoms with Gasteiger partial charge in [-0.15, -0.1) is 5.10 Å². The van der Waals surface area contributed by atoms with Crippen LogP contribution in [0.3, 0.4) is 0 Å². The molecule has 0 aliphatic rings. The number of aromatic nitrogens is 6. The van der Waals surface area contributed by atoms with Crippen LogP contribution in [0.1, 0.15) is 11.1 Å². The molecule has 1 N–H and O–H groups in total. The predicted octanol–water partition coefficient (Wildman–Crippen LogP) is 3.95. The molecule has 0 radical (unpaired) electrons. The van der Waals surface area contributed by atoms with Gasteiger partial charge in [0.2, 0.25) is 17.7 Å². The fourth-order valence-corrected chi connectivity index (χ4v) is 3.52. The van der Waals surface area contributed by atoms with Crippen molar-refractivity contribution in [2.45, 2.75) is 13.3 Å². The largest absolute Gasteiger partial charge is 0.436 e. The van der Waals surface area contributed by atoms with Crippen molar-refractivity contribution in [3.63, 3.8) is 0 Å². The monoisotopic (exact) mass is 457 g/mol. The maximum absolute atomic E-state index is 14.5. The number of ether oxygens (including phenoxy) is 1. The highest BCUT2D eigenvalue weighted by atomic mass is 19.1. The van der Waals surface area contributed by atoms with Crippen molar-refractivity contribution >= 4 is 17.5 Å². The molecule has 5 aromatic rings. The predicted molar refractivity (Wildman–Crippen MR) is 123 cm³/mol. The number of rotatable bonds is 6. The summed E-state index contributed by atoms with van der Waals surface area (Å²) in [6.07, 6.45) is 5.06. The summed E-state index contributed by atoms with van der Waals surface area (Å²) in [6.45, 7) is 1.83. The molecule has 0 unspecified atom stereocenters. The Hall–Kier alpha value is -4.60. The summed E-state index contributed by atoms with van der Waals surface area (Å²) in [7, 11) is 1.85. The smallest absolute Gasteiger partial charge is 0.249 e. The zero-order chi connectivity index (χ0) is 23.7. The Morgan fingerprint density at radius 2 is 2.03 bits per heavy atom. The summed E-state index contributed by atoms with van der Waals surface area (Å²) in [5.74, 6) is -0.410. The minimum absolute atomic E-state index is 0.0391. The van der Waals surface area contributed by atoms with Crippen LogP contribution >= 0.6 is 0 Å². The first-order valence-corrected chi connectivity index (χ1v) is 10.5. The fourth-order valence-electron chi connectivity index (χ4n) is 3.52. The van der Waals surface area contributed by atoms with Crippen LogP contribution in [0.4, 0.5) is 10.3 Å². The summed E-state index contributed by atoms with van der Waals surface area (Å²) in [5.41, 5.74) is 3.70. The van der Waals surface area contributed by atoms with Crippen molar-refractivity contribution in [2.75, 3.05) is 5.32 Å². The van der Waals surface area contributed by atoms with Crippen molar-refractivity contribution in [3.05, 3.63) is 84.1 Å².